The third kappa shape index (κ3) is 3.65. The summed E-state index contributed by atoms with van der Waals surface area (Å²) in [6, 6.07) is 15.0. The maximum Gasteiger partial charge on any atom is 0.336 e. The molecule has 0 saturated carbocycles. The highest BCUT2D eigenvalue weighted by Crippen LogP contribution is 2.29. The van der Waals surface area contributed by atoms with E-state index in [0.717, 1.165) is 30.2 Å². The summed E-state index contributed by atoms with van der Waals surface area (Å²) in [5, 5.41) is 3.96. The van der Waals surface area contributed by atoms with Crippen molar-refractivity contribution in [3.63, 3.8) is 0 Å². The maximum atomic E-state index is 12.7. The second-order valence-electron chi connectivity index (χ2n) is 7.32. The van der Waals surface area contributed by atoms with E-state index in [9.17, 15) is 9.59 Å². The van der Waals surface area contributed by atoms with Crippen molar-refractivity contribution in [2.75, 3.05) is 0 Å². The van der Waals surface area contributed by atoms with Crippen LogP contribution < -0.4 is 15.7 Å². The smallest absolute Gasteiger partial charge is 0.336 e. The fourth-order valence-electron chi connectivity index (χ4n) is 3.83. The van der Waals surface area contributed by atoms with Gasteiger partial charge < -0.3 is 14.5 Å². The van der Waals surface area contributed by atoms with Crippen LogP contribution >= 0.6 is 0 Å². The van der Waals surface area contributed by atoms with Crippen molar-refractivity contribution in [1.82, 2.24) is 5.32 Å². The molecule has 5 heteroatoms. The molecule has 1 heterocycles. The molecule has 5 nitrogen and oxygen atoms in total. The molecule has 0 bridgehead atoms. The van der Waals surface area contributed by atoms with Gasteiger partial charge in [0.2, 0.25) is 0 Å². The lowest BCUT2D eigenvalue weighted by Crippen LogP contribution is -2.39. The van der Waals surface area contributed by atoms with Crippen molar-refractivity contribution in [2.45, 2.75) is 45.3 Å². The molecule has 3 aromatic rings. The number of rotatable bonds is 4. The average Bonchev–Trinajstić information content (AvgIpc) is 2.67. The molecule has 0 fully saturated rings. The van der Waals surface area contributed by atoms with E-state index in [1.807, 2.05) is 25.1 Å². The van der Waals surface area contributed by atoms with Crippen LogP contribution in [0.15, 0.2) is 57.7 Å². The molecule has 0 saturated heterocycles. The summed E-state index contributed by atoms with van der Waals surface area (Å²) in [6.45, 7) is 3.58. The van der Waals surface area contributed by atoms with Crippen LogP contribution in [-0.4, -0.2) is 12.0 Å². The fraction of sp³-hybridized carbons (Fsp3) is 0.304. The van der Waals surface area contributed by atoms with Gasteiger partial charge in [-0.05, 0) is 61.9 Å². The number of fused-ring (bicyclic) bond motifs is 2. The third-order valence-electron chi connectivity index (χ3n) is 5.29. The number of amides is 1. The van der Waals surface area contributed by atoms with Crippen molar-refractivity contribution in [3.05, 3.63) is 75.6 Å². The molecule has 0 radical (unpaired) electrons. The molecule has 0 spiro atoms. The number of carbonyl (C=O) groups excluding carboxylic acids is 1. The standard InChI is InChI=1S/C23H23NO4/c1-14-12-22(25)28-21-13-17(10-11-18(14)21)27-15(2)23(26)24-20-9-5-7-16-6-3-4-8-19(16)20/h3-4,6,8,10-13,15,20H,5,7,9H2,1-2H3,(H,24,26)/t15-,20+/m1/s1. The second-order valence-corrected chi connectivity index (χ2v) is 7.32. The Morgan fingerprint density at radius 3 is 2.89 bits per heavy atom. The molecule has 1 aliphatic carbocycles. The zero-order chi connectivity index (χ0) is 19.7. The van der Waals surface area contributed by atoms with E-state index in [4.69, 9.17) is 9.15 Å². The quantitative estimate of drug-likeness (QED) is 0.696. The van der Waals surface area contributed by atoms with Crippen LogP contribution in [0.3, 0.4) is 0 Å². The van der Waals surface area contributed by atoms with Gasteiger partial charge in [0.15, 0.2) is 6.10 Å². The number of nitrogens with one attached hydrogen (secondary N) is 1. The number of ether oxygens (including phenoxy) is 1. The number of aryl methyl sites for hydroxylation is 2. The Bertz CT molecular complexity index is 1090. The second kappa shape index (κ2) is 7.50. The van der Waals surface area contributed by atoms with Crippen molar-refractivity contribution >= 4 is 16.9 Å². The van der Waals surface area contributed by atoms with E-state index in [-0.39, 0.29) is 11.9 Å². The van der Waals surface area contributed by atoms with Crippen LogP contribution in [0.4, 0.5) is 0 Å². The molecule has 1 aliphatic rings. The summed E-state index contributed by atoms with van der Waals surface area (Å²) in [7, 11) is 0. The van der Waals surface area contributed by atoms with Gasteiger partial charge in [0.25, 0.3) is 5.91 Å². The summed E-state index contributed by atoms with van der Waals surface area (Å²) in [4.78, 5) is 24.3. The number of hydrogen-bond donors (Lipinski definition) is 1. The van der Waals surface area contributed by atoms with Crippen LogP contribution in [0, 0.1) is 6.92 Å². The van der Waals surface area contributed by atoms with Crippen LogP contribution in [0.1, 0.15) is 42.5 Å². The first kappa shape index (κ1) is 18.3. The Hall–Kier alpha value is -3.08. The minimum absolute atomic E-state index is 0.0146. The summed E-state index contributed by atoms with van der Waals surface area (Å²) in [6.07, 6.45) is 2.37. The molecule has 1 amide bonds. The zero-order valence-electron chi connectivity index (χ0n) is 16.0. The molecule has 1 aromatic heterocycles. The average molecular weight is 377 g/mol. The van der Waals surface area contributed by atoms with Gasteiger partial charge in [-0.25, -0.2) is 4.79 Å². The molecule has 2 atom stereocenters. The van der Waals surface area contributed by atoms with Gasteiger partial charge >= 0.3 is 5.63 Å². The molecule has 0 aliphatic heterocycles. The van der Waals surface area contributed by atoms with Gasteiger partial charge in [-0.15, -0.1) is 0 Å². The Kier molecular flexibility index (Phi) is 4.90. The van der Waals surface area contributed by atoms with Crippen LogP contribution in [0.2, 0.25) is 0 Å². The van der Waals surface area contributed by atoms with Gasteiger partial charge in [0.05, 0.1) is 6.04 Å². The maximum absolute atomic E-state index is 12.7. The van der Waals surface area contributed by atoms with E-state index >= 15 is 0 Å². The first-order chi connectivity index (χ1) is 13.5. The highest BCUT2D eigenvalue weighted by atomic mass is 16.5. The number of benzene rings is 2. The van der Waals surface area contributed by atoms with Crippen molar-refractivity contribution < 1.29 is 13.9 Å². The minimum Gasteiger partial charge on any atom is -0.481 e. The molecular weight excluding hydrogens is 354 g/mol. The lowest BCUT2D eigenvalue weighted by atomic mass is 9.87. The Balaban J connectivity index is 1.48. The molecule has 1 N–H and O–H groups in total. The summed E-state index contributed by atoms with van der Waals surface area (Å²) in [5.41, 5.74) is 3.39. The molecule has 2 aromatic carbocycles. The van der Waals surface area contributed by atoms with E-state index in [1.54, 1.807) is 19.1 Å². The van der Waals surface area contributed by atoms with Gasteiger partial charge in [-0.1, -0.05) is 24.3 Å². The fourth-order valence-corrected chi connectivity index (χ4v) is 3.83. The highest BCUT2D eigenvalue weighted by molar-refractivity contribution is 5.83. The third-order valence-corrected chi connectivity index (χ3v) is 5.29. The van der Waals surface area contributed by atoms with Gasteiger partial charge in [-0.2, -0.15) is 0 Å². The van der Waals surface area contributed by atoms with Crippen molar-refractivity contribution in [3.8, 4) is 5.75 Å². The van der Waals surface area contributed by atoms with E-state index in [2.05, 4.69) is 17.4 Å². The normalized spacial score (nSPS) is 17.0. The predicted octanol–water partition coefficient (Wildman–Crippen LogP) is 4.06. The molecule has 4 rings (SSSR count). The summed E-state index contributed by atoms with van der Waals surface area (Å²) >= 11 is 0. The van der Waals surface area contributed by atoms with Gasteiger partial charge in [-0.3, -0.25) is 4.79 Å². The minimum atomic E-state index is -0.664. The van der Waals surface area contributed by atoms with Gasteiger partial charge in [0.1, 0.15) is 11.3 Å². The van der Waals surface area contributed by atoms with E-state index in [0.29, 0.717) is 11.3 Å². The van der Waals surface area contributed by atoms with Crippen LogP contribution in [0.5, 0.6) is 5.75 Å². The first-order valence-electron chi connectivity index (χ1n) is 9.60. The Morgan fingerprint density at radius 2 is 2.04 bits per heavy atom. The van der Waals surface area contributed by atoms with Crippen LogP contribution in [-0.2, 0) is 11.2 Å². The molecule has 28 heavy (non-hydrogen) atoms. The highest BCUT2D eigenvalue weighted by Gasteiger charge is 2.24. The van der Waals surface area contributed by atoms with Crippen molar-refractivity contribution in [1.29, 1.82) is 0 Å². The summed E-state index contributed by atoms with van der Waals surface area (Å²) < 4.78 is 11.1. The van der Waals surface area contributed by atoms with Gasteiger partial charge in [0, 0.05) is 17.5 Å². The van der Waals surface area contributed by atoms with Crippen LogP contribution in [0.25, 0.3) is 11.0 Å². The largest absolute Gasteiger partial charge is 0.481 e. The molecule has 144 valence electrons. The summed E-state index contributed by atoms with van der Waals surface area (Å²) in [5.74, 6) is 0.334. The lowest BCUT2D eigenvalue weighted by molar-refractivity contribution is -0.128. The topological polar surface area (TPSA) is 68.5 Å². The number of carbonyl (C=O) groups is 1. The lowest BCUT2D eigenvalue weighted by Gasteiger charge is -2.27. The SMILES string of the molecule is Cc1cc(=O)oc2cc(O[C@H](C)C(=O)N[C@H]3CCCc4ccccc43)ccc12. The number of hydrogen-bond acceptors (Lipinski definition) is 4. The predicted molar refractivity (Wildman–Crippen MR) is 108 cm³/mol. The molecule has 0 unspecified atom stereocenters. The van der Waals surface area contributed by atoms with E-state index in [1.165, 1.54) is 17.2 Å². The first-order valence-corrected chi connectivity index (χ1v) is 9.60. The zero-order valence-corrected chi connectivity index (χ0v) is 16.0. The Labute approximate surface area is 163 Å². The van der Waals surface area contributed by atoms with Crippen molar-refractivity contribution in [2.24, 2.45) is 0 Å². The van der Waals surface area contributed by atoms with E-state index < -0.39 is 11.7 Å². The monoisotopic (exact) mass is 377 g/mol. The molecular formula is C23H23NO4. The Morgan fingerprint density at radius 1 is 1.21 bits per heavy atom.